The van der Waals surface area contributed by atoms with Crippen LogP contribution in [0.25, 0.3) is 0 Å². The largest absolute Gasteiger partial charge is 0.396 e. The van der Waals surface area contributed by atoms with Crippen molar-refractivity contribution in [1.82, 2.24) is 15.5 Å². The highest BCUT2D eigenvalue weighted by Crippen LogP contribution is 2.23. The number of rotatable bonds is 5. The summed E-state index contributed by atoms with van der Waals surface area (Å²) >= 11 is 0. The molecule has 1 aliphatic rings. The number of nitrogens with zero attached hydrogens (tertiary/aromatic N) is 3. The van der Waals surface area contributed by atoms with Crippen molar-refractivity contribution in [3.63, 3.8) is 0 Å². The minimum Gasteiger partial charge on any atom is -0.396 e. The van der Waals surface area contributed by atoms with Crippen LogP contribution in [0.1, 0.15) is 30.3 Å². The van der Waals surface area contributed by atoms with Crippen LogP contribution in [0.15, 0.2) is 12.1 Å². The van der Waals surface area contributed by atoms with Gasteiger partial charge in [0.25, 0.3) is 5.91 Å². The highest BCUT2D eigenvalue weighted by atomic mass is 16.3. The quantitative estimate of drug-likeness (QED) is 0.806. The van der Waals surface area contributed by atoms with E-state index in [2.05, 4.69) is 20.4 Å². The Morgan fingerprint density at radius 3 is 3.00 bits per heavy atom. The topological polar surface area (TPSA) is 78.4 Å². The van der Waals surface area contributed by atoms with Crippen LogP contribution < -0.4 is 10.2 Å². The van der Waals surface area contributed by atoms with Gasteiger partial charge in [0.1, 0.15) is 0 Å². The van der Waals surface area contributed by atoms with Crippen molar-refractivity contribution in [3.8, 4) is 0 Å². The number of carbonyl (C=O) groups is 1. The predicted molar refractivity (Wildman–Crippen MR) is 72.1 cm³/mol. The molecule has 104 valence electrons. The minimum absolute atomic E-state index is 0.193. The average Bonchev–Trinajstić information content (AvgIpc) is 2.88. The second-order valence-corrected chi connectivity index (χ2v) is 4.75. The van der Waals surface area contributed by atoms with E-state index in [4.69, 9.17) is 5.11 Å². The number of amides is 1. The van der Waals surface area contributed by atoms with Gasteiger partial charge in [-0.05, 0) is 37.8 Å². The molecule has 1 fully saturated rings. The molecule has 1 saturated heterocycles. The summed E-state index contributed by atoms with van der Waals surface area (Å²) in [5.41, 5.74) is 0.344. The van der Waals surface area contributed by atoms with Crippen molar-refractivity contribution in [3.05, 3.63) is 17.8 Å². The van der Waals surface area contributed by atoms with E-state index >= 15 is 0 Å². The van der Waals surface area contributed by atoms with Crippen LogP contribution in [0.2, 0.25) is 0 Å². The second-order valence-electron chi connectivity index (χ2n) is 4.75. The van der Waals surface area contributed by atoms with E-state index in [0.29, 0.717) is 18.2 Å². The van der Waals surface area contributed by atoms with Crippen LogP contribution in [0.4, 0.5) is 5.82 Å². The lowest BCUT2D eigenvalue weighted by Crippen LogP contribution is -2.25. The fourth-order valence-corrected chi connectivity index (χ4v) is 2.33. The number of aliphatic hydroxyl groups is 1. The smallest absolute Gasteiger partial charge is 0.271 e. The van der Waals surface area contributed by atoms with E-state index in [1.165, 1.54) is 0 Å². The van der Waals surface area contributed by atoms with Crippen molar-refractivity contribution in [2.75, 3.05) is 31.1 Å². The zero-order chi connectivity index (χ0) is 13.7. The Bertz CT molecular complexity index is 421. The maximum atomic E-state index is 11.6. The van der Waals surface area contributed by atoms with Gasteiger partial charge in [-0.15, -0.1) is 10.2 Å². The number of aromatic nitrogens is 2. The van der Waals surface area contributed by atoms with Gasteiger partial charge in [0, 0.05) is 26.2 Å². The zero-order valence-electron chi connectivity index (χ0n) is 11.2. The number of hydrogen-bond donors (Lipinski definition) is 2. The summed E-state index contributed by atoms with van der Waals surface area (Å²) in [6.07, 6.45) is 1.90. The SMILES string of the molecule is CCNC(=O)c1ccc(N2CCC(CCO)C2)nn1. The molecule has 0 spiro atoms. The molecule has 2 N–H and O–H groups in total. The number of carbonyl (C=O) groups excluding carboxylic acids is 1. The number of nitrogens with one attached hydrogen (secondary N) is 1. The van der Waals surface area contributed by atoms with Crippen LogP contribution >= 0.6 is 0 Å². The molecule has 1 unspecified atom stereocenters. The third kappa shape index (κ3) is 3.41. The van der Waals surface area contributed by atoms with Gasteiger partial charge in [0.2, 0.25) is 0 Å². The Labute approximate surface area is 112 Å². The lowest BCUT2D eigenvalue weighted by Gasteiger charge is -2.16. The van der Waals surface area contributed by atoms with Crippen LogP contribution in [-0.4, -0.2) is 47.5 Å². The van der Waals surface area contributed by atoms with Gasteiger partial charge in [0.15, 0.2) is 11.5 Å². The Hall–Kier alpha value is -1.69. The van der Waals surface area contributed by atoms with Crippen molar-refractivity contribution in [2.24, 2.45) is 5.92 Å². The molecule has 0 saturated carbocycles. The first-order valence-electron chi connectivity index (χ1n) is 6.72. The van der Waals surface area contributed by atoms with Crippen molar-refractivity contribution in [2.45, 2.75) is 19.8 Å². The van der Waals surface area contributed by atoms with E-state index in [1.54, 1.807) is 6.07 Å². The van der Waals surface area contributed by atoms with E-state index in [9.17, 15) is 4.79 Å². The molecule has 19 heavy (non-hydrogen) atoms. The normalized spacial score (nSPS) is 18.6. The molecular weight excluding hydrogens is 244 g/mol. The molecule has 1 aliphatic heterocycles. The third-order valence-corrected chi connectivity index (χ3v) is 3.37. The Balaban J connectivity index is 1.97. The number of anilines is 1. The van der Waals surface area contributed by atoms with Gasteiger partial charge in [0.05, 0.1) is 0 Å². The molecule has 2 heterocycles. The molecule has 1 atom stereocenters. The van der Waals surface area contributed by atoms with Crippen LogP contribution in [-0.2, 0) is 0 Å². The lowest BCUT2D eigenvalue weighted by atomic mass is 10.1. The zero-order valence-corrected chi connectivity index (χ0v) is 11.2. The Kier molecular flexibility index (Phi) is 4.68. The van der Waals surface area contributed by atoms with E-state index in [1.807, 2.05) is 13.0 Å². The van der Waals surface area contributed by atoms with Crippen molar-refractivity contribution < 1.29 is 9.90 Å². The molecular formula is C13H20N4O2. The molecule has 0 radical (unpaired) electrons. The second kappa shape index (κ2) is 6.47. The summed E-state index contributed by atoms with van der Waals surface area (Å²) < 4.78 is 0. The van der Waals surface area contributed by atoms with Crippen LogP contribution in [0.5, 0.6) is 0 Å². The van der Waals surface area contributed by atoms with Gasteiger partial charge >= 0.3 is 0 Å². The Morgan fingerprint density at radius 1 is 1.53 bits per heavy atom. The lowest BCUT2D eigenvalue weighted by molar-refractivity contribution is 0.0950. The summed E-state index contributed by atoms with van der Waals surface area (Å²) in [6.45, 7) is 4.51. The maximum absolute atomic E-state index is 11.6. The predicted octanol–water partition coefficient (Wildman–Crippen LogP) is 0.435. The summed E-state index contributed by atoms with van der Waals surface area (Å²) in [4.78, 5) is 13.7. The molecule has 1 amide bonds. The fourth-order valence-electron chi connectivity index (χ4n) is 2.33. The van der Waals surface area contributed by atoms with Gasteiger partial charge in [-0.1, -0.05) is 0 Å². The maximum Gasteiger partial charge on any atom is 0.271 e. The monoisotopic (exact) mass is 264 g/mol. The summed E-state index contributed by atoms with van der Waals surface area (Å²) in [6, 6.07) is 3.53. The van der Waals surface area contributed by atoms with E-state index in [0.717, 1.165) is 31.7 Å². The van der Waals surface area contributed by atoms with Gasteiger partial charge in [-0.25, -0.2) is 0 Å². The molecule has 0 bridgehead atoms. The molecule has 0 aromatic carbocycles. The van der Waals surface area contributed by atoms with Gasteiger partial charge in [-0.3, -0.25) is 4.79 Å². The standard InChI is InChI=1S/C13H20N4O2/c1-2-14-13(19)11-3-4-12(16-15-11)17-7-5-10(9-17)6-8-18/h3-4,10,18H,2,5-9H2,1H3,(H,14,19). The highest BCUT2D eigenvalue weighted by Gasteiger charge is 2.23. The van der Waals surface area contributed by atoms with E-state index in [-0.39, 0.29) is 12.5 Å². The van der Waals surface area contributed by atoms with Crippen molar-refractivity contribution >= 4 is 11.7 Å². The molecule has 1 aromatic rings. The first kappa shape index (κ1) is 13.7. The fraction of sp³-hybridized carbons (Fsp3) is 0.615. The minimum atomic E-state index is -0.193. The number of hydrogen-bond acceptors (Lipinski definition) is 5. The van der Waals surface area contributed by atoms with Crippen molar-refractivity contribution in [1.29, 1.82) is 0 Å². The molecule has 6 nitrogen and oxygen atoms in total. The molecule has 0 aliphatic carbocycles. The molecule has 6 heteroatoms. The van der Waals surface area contributed by atoms with Crippen LogP contribution in [0.3, 0.4) is 0 Å². The summed E-state index contributed by atoms with van der Waals surface area (Å²) in [5.74, 6) is 1.13. The van der Waals surface area contributed by atoms with Crippen LogP contribution in [0, 0.1) is 5.92 Å². The first-order chi connectivity index (χ1) is 9.24. The first-order valence-corrected chi connectivity index (χ1v) is 6.72. The molecule has 1 aromatic heterocycles. The average molecular weight is 264 g/mol. The third-order valence-electron chi connectivity index (χ3n) is 3.37. The van der Waals surface area contributed by atoms with E-state index < -0.39 is 0 Å². The van der Waals surface area contributed by atoms with Gasteiger partial charge < -0.3 is 15.3 Å². The molecule has 2 rings (SSSR count). The van der Waals surface area contributed by atoms with Gasteiger partial charge in [-0.2, -0.15) is 0 Å². The Morgan fingerprint density at radius 2 is 2.37 bits per heavy atom. The highest BCUT2D eigenvalue weighted by molar-refractivity contribution is 5.92. The summed E-state index contributed by atoms with van der Waals surface area (Å²) in [5, 5.41) is 19.7. The summed E-state index contributed by atoms with van der Waals surface area (Å²) in [7, 11) is 0. The number of aliphatic hydroxyl groups excluding tert-OH is 1.